The van der Waals surface area contributed by atoms with Crippen LogP contribution in [0.1, 0.15) is 56.9 Å². The van der Waals surface area contributed by atoms with Gasteiger partial charge in [-0.3, -0.25) is 9.69 Å². The van der Waals surface area contributed by atoms with Crippen LogP contribution in [0, 0.1) is 0 Å². The molecular weight excluding hydrogens is 370 g/mol. The average molecular weight is 402 g/mol. The number of aromatic amines is 1. The number of nitrogens with one attached hydrogen (secondary N) is 2. The third kappa shape index (κ3) is 4.90. The van der Waals surface area contributed by atoms with E-state index in [4.69, 9.17) is 9.47 Å². The molecule has 1 aliphatic heterocycles. The number of piperidine rings is 1. The van der Waals surface area contributed by atoms with E-state index in [2.05, 4.69) is 22.1 Å². The number of hydrogen-bond donors (Lipinski definition) is 2. The van der Waals surface area contributed by atoms with Crippen molar-refractivity contribution in [1.29, 1.82) is 0 Å². The van der Waals surface area contributed by atoms with Crippen molar-refractivity contribution in [3.63, 3.8) is 0 Å². The van der Waals surface area contributed by atoms with Gasteiger partial charge in [-0.15, -0.1) is 0 Å². The molecule has 2 aromatic rings. The molecule has 0 aliphatic carbocycles. The van der Waals surface area contributed by atoms with Crippen molar-refractivity contribution < 1.29 is 19.1 Å². The number of carbonyl (C=O) groups is 2. The van der Waals surface area contributed by atoms with E-state index >= 15 is 0 Å². The minimum Gasteiger partial charge on any atom is -0.494 e. The molecule has 1 saturated heterocycles. The highest BCUT2D eigenvalue weighted by Gasteiger charge is 2.25. The Labute approximate surface area is 171 Å². The number of benzene rings is 1. The molecule has 158 valence electrons. The summed E-state index contributed by atoms with van der Waals surface area (Å²) in [5.41, 5.74) is 1.46. The first-order valence-corrected chi connectivity index (χ1v) is 10.6. The number of H-pyrrole nitrogens is 1. The fourth-order valence-electron chi connectivity index (χ4n) is 4.01. The quantitative estimate of drug-likeness (QED) is 0.655. The van der Waals surface area contributed by atoms with Crippen LogP contribution in [0.2, 0.25) is 0 Å². The molecule has 3 rings (SSSR count). The van der Waals surface area contributed by atoms with Gasteiger partial charge in [0.25, 0.3) is 0 Å². The lowest BCUT2D eigenvalue weighted by atomic mass is 10.00. The van der Waals surface area contributed by atoms with Crippen molar-refractivity contribution in [2.24, 2.45) is 0 Å². The van der Waals surface area contributed by atoms with E-state index < -0.39 is 5.97 Å². The number of esters is 1. The van der Waals surface area contributed by atoms with Gasteiger partial charge in [-0.1, -0.05) is 13.3 Å². The lowest BCUT2D eigenvalue weighted by molar-refractivity contribution is -0.118. The molecule has 1 amide bonds. The Balaban J connectivity index is 1.88. The SMILES string of the molecule is CCOC(=O)c1[nH]c2ccc(OCC)cc2c1NC(=O)CN1CCCC[C@@H]1CC. The summed E-state index contributed by atoms with van der Waals surface area (Å²) in [6.45, 7) is 7.88. The van der Waals surface area contributed by atoms with Crippen LogP contribution in [0.5, 0.6) is 5.75 Å². The average Bonchev–Trinajstić information content (AvgIpc) is 3.06. The molecule has 29 heavy (non-hydrogen) atoms. The number of amides is 1. The predicted octanol–water partition coefficient (Wildman–Crippen LogP) is 3.95. The maximum Gasteiger partial charge on any atom is 0.356 e. The van der Waals surface area contributed by atoms with E-state index in [0.29, 0.717) is 30.6 Å². The number of anilines is 1. The molecule has 7 heteroatoms. The Morgan fingerprint density at radius 3 is 2.76 bits per heavy atom. The van der Waals surface area contributed by atoms with E-state index in [-0.39, 0.29) is 18.2 Å². The molecular formula is C22H31N3O4. The Morgan fingerprint density at radius 2 is 2.03 bits per heavy atom. The summed E-state index contributed by atoms with van der Waals surface area (Å²) in [6, 6.07) is 5.95. The second kappa shape index (κ2) is 9.78. The van der Waals surface area contributed by atoms with Crippen molar-refractivity contribution in [3.05, 3.63) is 23.9 Å². The fourth-order valence-corrected chi connectivity index (χ4v) is 4.01. The van der Waals surface area contributed by atoms with Crippen LogP contribution in [0.25, 0.3) is 10.9 Å². The lowest BCUT2D eigenvalue weighted by Crippen LogP contribution is -2.43. The fraction of sp³-hybridized carbons (Fsp3) is 0.545. The summed E-state index contributed by atoms with van der Waals surface area (Å²) < 4.78 is 10.8. The Kier molecular flexibility index (Phi) is 7.14. The zero-order valence-corrected chi connectivity index (χ0v) is 17.5. The number of ether oxygens (including phenoxy) is 2. The van der Waals surface area contributed by atoms with Crippen LogP contribution in [0.15, 0.2) is 18.2 Å². The van der Waals surface area contributed by atoms with Crippen molar-refractivity contribution in [1.82, 2.24) is 9.88 Å². The van der Waals surface area contributed by atoms with Crippen LogP contribution in [0.4, 0.5) is 5.69 Å². The van der Waals surface area contributed by atoms with Crippen LogP contribution < -0.4 is 10.1 Å². The second-order valence-electron chi connectivity index (χ2n) is 7.31. The molecule has 1 aromatic carbocycles. The topological polar surface area (TPSA) is 83.7 Å². The Morgan fingerprint density at radius 1 is 1.21 bits per heavy atom. The molecule has 0 unspecified atom stereocenters. The van der Waals surface area contributed by atoms with Gasteiger partial charge in [-0.05, 0) is 57.9 Å². The maximum atomic E-state index is 12.9. The Bertz CT molecular complexity index is 861. The highest BCUT2D eigenvalue weighted by molar-refractivity contribution is 6.11. The van der Waals surface area contributed by atoms with Gasteiger partial charge in [0.1, 0.15) is 11.4 Å². The van der Waals surface area contributed by atoms with Crippen molar-refractivity contribution in [2.45, 2.75) is 52.5 Å². The highest BCUT2D eigenvalue weighted by Crippen LogP contribution is 2.32. The summed E-state index contributed by atoms with van der Waals surface area (Å²) in [6.07, 6.45) is 4.49. The van der Waals surface area contributed by atoms with Crippen LogP contribution in [-0.2, 0) is 9.53 Å². The number of rotatable bonds is 8. The summed E-state index contributed by atoms with van der Waals surface area (Å²) in [7, 11) is 0. The third-order valence-electron chi connectivity index (χ3n) is 5.39. The van der Waals surface area contributed by atoms with Gasteiger partial charge in [0.2, 0.25) is 5.91 Å². The van der Waals surface area contributed by atoms with E-state index in [1.165, 1.54) is 6.42 Å². The number of nitrogens with zero attached hydrogens (tertiary/aromatic N) is 1. The zero-order valence-electron chi connectivity index (χ0n) is 17.5. The maximum absolute atomic E-state index is 12.9. The smallest absolute Gasteiger partial charge is 0.356 e. The van der Waals surface area contributed by atoms with E-state index in [9.17, 15) is 9.59 Å². The van der Waals surface area contributed by atoms with Gasteiger partial charge in [0, 0.05) is 16.9 Å². The number of fused-ring (bicyclic) bond motifs is 1. The summed E-state index contributed by atoms with van der Waals surface area (Å²) in [5.74, 6) is 0.0759. The van der Waals surface area contributed by atoms with E-state index in [0.717, 1.165) is 36.7 Å². The summed E-state index contributed by atoms with van der Waals surface area (Å²) in [5, 5.41) is 3.70. The third-order valence-corrected chi connectivity index (χ3v) is 5.39. The minimum absolute atomic E-state index is 0.126. The van der Waals surface area contributed by atoms with Crippen LogP contribution in [-0.4, -0.2) is 54.1 Å². The molecule has 2 heterocycles. The second-order valence-corrected chi connectivity index (χ2v) is 7.31. The molecule has 7 nitrogen and oxygen atoms in total. The van der Waals surface area contributed by atoms with Crippen LogP contribution >= 0.6 is 0 Å². The van der Waals surface area contributed by atoms with Gasteiger partial charge in [-0.2, -0.15) is 0 Å². The highest BCUT2D eigenvalue weighted by atomic mass is 16.5. The number of likely N-dealkylation sites (tertiary alicyclic amines) is 1. The molecule has 0 bridgehead atoms. The Hall–Kier alpha value is -2.54. The first-order valence-electron chi connectivity index (χ1n) is 10.6. The van der Waals surface area contributed by atoms with E-state index in [1.807, 2.05) is 25.1 Å². The minimum atomic E-state index is -0.485. The number of aromatic nitrogens is 1. The number of hydrogen-bond acceptors (Lipinski definition) is 5. The van der Waals surface area contributed by atoms with Gasteiger partial charge < -0.3 is 19.8 Å². The molecule has 1 aliphatic rings. The van der Waals surface area contributed by atoms with E-state index in [1.54, 1.807) is 6.92 Å². The molecule has 2 N–H and O–H groups in total. The largest absolute Gasteiger partial charge is 0.494 e. The first kappa shape index (κ1) is 21.2. The van der Waals surface area contributed by atoms with Crippen molar-refractivity contribution in [2.75, 3.05) is 31.6 Å². The number of carbonyl (C=O) groups excluding carboxylic acids is 2. The standard InChI is InChI=1S/C22H31N3O4/c1-4-15-9-7-8-12-25(15)14-19(26)24-20-17-13-16(28-5-2)10-11-18(17)23-21(20)22(27)29-6-3/h10-11,13,15,23H,4-9,12,14H2,1-3H3,(H,24,26)/t15-/m0/s1. The molecule has 1 fully saturated rings. The van der Waals surface area contributed by atoms with Crippen LogP contribution in [0.3, 0.4) is 0 Å². The molecule has 1 aromatic heterocycles. The lowest BCUT2D eigenvalue weighted by Gasteiger charge is -2.34. The zero-order chi connectivity index (χ0) is 20.8. The monoisotopic (exact) mass is 401 g/mol. The molecule has 0 saturated carbocycles. The van der Waals surface area contributed by atoms with Crippen molar-refractivity contribution >= 4 is 28.5 Å². The van der Waals surface area contributed by atoms with Gasteiger partial charge in [0.15, 0.2) is 0 Å². The normalized spacial score (nSPS) is 17.3. The first-order chi connectivity index (χ1) is 14.1. The van der Waals surface area contributed by atoms with Crippen molar-refractivity contribution in [3.8, 4) is 5.75 Å². The summed E-state index contributed by atoms with van der Waals surface area (Å²) in [4.78, 5) is 30.7. The molecule has 0 radical (unpaired) electrons. The van der Waals surface area contributed by atoms with Gasteiger partial charge >= 0.3 is 5.97 Å². The van der Waals surface area contributed by atoms with Gasteiger partial charge in [-0.25, -0.2) is 4.79 Å². The molecule has 0 spiro atoms. The molecule has 1 atom stereocenters. The van der Waals surface area contributed by atoms with Gasteiger partial charge in [0.05, 0.1) is 25.4 Å². The predicted molar refractivity (Wildman–Crippen MR) is 114 cm³/mol. The summed E-state index contributed by atoms with van der Waals surface area (Å²) >= 11 is 0.